The zero-order valence-electron chi connectivity index (χ0n) is 39.6. The molecule has 0 aliphatic heterocycles. The number of rotatable bonds is 42. The van der Waals surface area contributed by atoms with Crippen molar-refractivity contribution in [1.82, 2.24) is 0 Å². The third-order valence-electron chi connectivity index (χ3n) is 11.8. The van der Waals surface area contributed by atoms with Crippen molar-refractivity contribution < 1.29 is 28.4 Å². The second kappa shape index (κ2) is 37.2. The minimum absolute atomic E-state index is 0.641. The Bertz CT molecular complexity index is 1520. The lowest BCUT2D eigenvalue weighted by Crippen LogP contribution is -2.05. The van der Waals surface area contributed by atoms with Crippen molar-refractivity contribution in [2.24, 2.45) is 0 Å². The number of ether oxygens (including phenoxy) is 6. The van der Waals surface area contributed by atoms with Gasteiger partial charge in [-0.2, -0.15) is 0 Å². The van der Waals surface area contributed by atoms with Gasteiger partial charge in [-0.15, -0.1) is 0 Å². The molecule has 4 aromatic rings. The van der Waals surface area contributed by atoms with Crippen LogP contribution in [0, 0.1) is 0 Å². The second-order valence-corrected chi connectivity index (χ2v) is 22.0. The van der Waals surface area contributed by atoms with Gasteiger partial charge in [0.15, 0.2) is 34.5 Å². The Labute approximate surface area is 449 Å². The van der Waals surface area contributed by atoms with Crippen LogP contribution in [0.4, 0.5) is 0 Å². The summed E-state index contributed by atoms with van der Waals surface area (Å²) in [7, 11) is 0. The predicted octanol–water partition coefficient (Wildman–Crippen LogP) is 19.2. The van der Waals surface area contributed by atoms with Gasteiger partial charge in [-0.25, -0.2) is 0 Å². The molecule has 0 saturated heterocycles. The van der Waals surface area contributed by atoms with Gasteiger partial charge in [-0.1, -0.05) is 173 Å². The Balaban J connectivity index is 1.91. The molecule has 0 aliphatic carbocycles. The van der Waals surface area contributed by atoms with E-state index in [1.165, 1.54) is 77.0 Å². The number of fused-ring (bicyclic) bond motifs is 6. The highest BCUT2D eigenvalue weighted by Crippen LogP contribution is 2.47. The summed E-state index contributed by atoms with van der Waals surface area (Å²) in [5.41, 5.74) is 0. The van der Waals surface area contributed by atoms with E-state index in [1.807, 2.05) is 0 Å². The fourth-order valence-corrected chi connectivity index (χ4v) is 10.5. The Kier molecular flexibility index (Phi) is 32.6. The van der Waals surface area contributed by atoms with Gasteiger partial charge >= 0.3 is 0 Å². The molecule has 0 N–H and O–H groups in total. The largest absolute Gasteiger partial charge is 0.490 e. The van der Waals surface area contributed by atoms with Crippen LogP contribution < -0.4 is 28.4 Å². The van der Waals surface area contributed by atoms with Crippen molar-refractivity contribution >= 4 is 128 Å². The van der Waals surface area contributed by atoms with Gasteiger partial charge in [0.1, 0.15) is 0 Å². The molecule has 4 aromatic carbocycles. The number of benzene rings is 4. The topological polar surface area (TPSA) is 55.4 Å². The van der Waals surface area contributed by atoms with E-state index < -0.39 is 0 Å². The summed E-state index contributed by atoms with van der Waals surface area (Å²) in [6.07, 6.45) is 26.9. The van der Waals surface area contributed by atoms with Crippen LogP contribution in [0.15, 0.2) is 36.4 Å². The van der Waals surface area contributed by atoms with E-state index in [0.717, 1.165) is 176 Å². The molecule has 4 rings (SSSR count). The van der Waals surface area contributed by atoms with E-state index in [-0.39, 0.29) is 0 Å². The molecule has 0 amide bonds. The standard InChI is InChI=1S/C54H78Br6O6/c55-25-13-1-7-19-31-61-49-37-43-44(38-50(49)62-32-20-8-2-14-26-56)46-40-52(64-34-22-10-4-16-28-58)54(66-36-24-12-6-18-30-60)42-48(46)47-41-53(65-35-23-11-5-17-29-59)51(39-45(43)47)63-33-21-9-3-15-27-57/h37-42H,1-36H2. The average Bonchev–Trinajstić information content (AvgIpc) is 3.33. The first-order valence-corrected chi connectivity index (χ1v) is 32.0. The number of halogens is 6. The first-order chi connectivity index (χ1) is 32.6. The fraction of sp³-hybridized carbons (Fsp3) is 0.667. The van der Waals surface area contributed by atoms with E-state index in [9.17, 15) is 0 Å². The van der Waals surface area contributed by atoms with Gasteiger partial charge in [0.05, 0.1) is 39.6 Å². The lowest BCUT2D eigenvalue weighted by Gasteiger charge is -2.21. The SMILES string of the molecule is BrCCCCCCOc1cc2c3cc(OCCCCCCBr)c(OCCCCCCBr)cc3c3cc(OCCCCCCBr)c(OCCCCCCBr)cc3c2cc1OCCCCCCBr. The van der Waals surface area contributed by atoms with Crippen LogP contribution in [0.25, 0.3) is 32.3 Å². The van der Waals surface area contributed by atoms with Crippen LogP contribution in [0.3, 0.4) is 0 Å². The lowest BCUT2D eigenvalue weighted by atomic mass is 9.93. The smallest absolute Gasteiger partial charge is 0.161 e. The first-order valence-electron chi connectivity index (χ1n) is 25.3. The molecule has 0 fully saturated rings. The molecular weight excluding hydrogens is 1220 g/mol. The summed E-state index contributed by atoms with van der Waals surface area (Å²) in [5, 5.41) is 12.8. The van der Waals surface area contributed by atoms with Gasteiger partial charge < -0.3 is 28.4 Å². The molecule has 0 heterocycles. The Hall–Kier alpha value is -0.660. The third-order valence-corrected chi connectivity index (χ3v) is 15.2. The van der Waals surface area contributed by atoms with Crippen molar-refractivity contribution in [2.75, 3.05) is 71.6 Å². The molecule has 12 heteroatoms. The highest BCUT2D eigenvalue weighted by molar-refractivity contribution is 9.10. The zero-order valence-corrected chi connectivity index (χ0v) is 49.2. The van der Waals surface area contributed by atoms with Gasteiger partial charge in [-0.3, -0.25) is 0 Å². The number of hydrogen-bond acceptors (Lipinski definition) is 6. The minimum Gasteiger partial charge on any atom is -0.490 e. The molecule has 0 saturated carbocycles. The predicted molar refractivity (Wildman–Crippen MR) is 306 cm³/mol. The van der Waals surface area contributed by atoms with E-state index in [4.69, 9.17) is 28.4 Å². The highest BCUT2D eigenvalue weighted by atomic mass is 79.9. The zero-order chi connectivity index (χ0) is 46.9. The number of alkyl halides is 6. The fourth-order valence-electron chi connectivity index (χ4n) is 8.09. The van der Waals surface area contributed by atoms with Crippen LogP contribution in [0.2, 0.25) is 0 Å². The Morgan fingerprint density at radius 3 is 0.470 bits per heavy atom. The molecule has 6 nitrogen and oxygen atoms in total. The van der Waals surface area contributed by atoms with Crippen LogP contribution in [0.1, 0.15) is 154 Å². The molecule has 0 unspecified atom stereocenters. The third kappa shape index (κ3) is 21.4. The van der Waals surface area contributed by atoms with E-state index in [0.29, 0.717) is 39.6 Å². The molecule has 0 spiro atoms. The summed E-state index contributed by atoms with van der Waals surface area (Å²) >= 11 is 21.6. The van der Waals surface area contributed by atoms with Gasteiger partial charge in [-0.05, 0) is 146 Å². The normalized spacial score (nSPS) is 11.5. The van der Waals surface area contributed by atoms with Crippen molar-refractivity contribution in [1.29, 1.82) is 0 Å². The van der Waals surface area contributed by atoms with Crippen molar-refractivity contribution in [3.05, 3.63) is 36.4 Å². The molecule has 0 bridgehead atoms. The summed E-state index contributed by atoms with van der Waals surface area (Å²) < 4.78 is 40.2. The van der Waals surface area contributed by atoms with E-state index in [1.54, 1.807) is 0 Å². The average molecular weight is 1300 g/mol. The lowest BCUT2D eigenvalue weighted by molar-refractivity contribution is 0.259. The maximum Gasteiger partial charge on any atom is 0.161 e. The molecule has 0 aliphatic rings. The quantitative estimate of drug-likeness (QED) is 0.0250. The van der Waals surface area contributed by atoms with Gasteiger partial charge in [0, 0.05) is 32.0 Å². The Morgan fingerprint density at radius 2 is 0.333 bits per heavy atom. The van der Waals surface area contributed by atoms with Crippen LogP contribution in [-0.4, -0.2) is 71.6 Å². The van der Waals surface area contributed by atoms with Crippen molar-refractivity contribution in [3.63, 3.8) is 0 Å². The molecular formula is C54H78Br6O6. The van der Waals surface area contributed by atoms with Crippen LogP contribution >= 0.6 is 95.6 Å². The summed E-state index contributed by atoms with van der Waals surface area (Å²) in [4.78, 5) is 0. The number of unbranched alkanes of at least 4 members (excludes halogenated alkanes) is 18. The molecule has 0 aromatic heterocycles. The van der Waals surface area contributed by atoms with E-state index in [2.05, 4.69) is 132 Å². The maximum atomic E-state index is 6.70. The Morgan fingerprint density at radius 1 is 0.197 bits per heavy atom. The van der Waals surface area contributed by atoms with Crippen LogP contribution in [0.5, 0.6) is 34.5 Å². The summed E-state index contributed by atoms with van der Waals surface area (Å²) in [6, 6.07) is 13.4. The molecule has 66 heavy (non-hydrogen) atoms. The molecule has 0 atom stereocenters. The number of hydrogen-bond donors (Lipinski definition) is 0. The first kappa shape index (κ1) is 57.9. The summed E-state index contributed by atoms with van der Waals surface area (Å²) in [6.45, 7) is 3.85. The molecule has 372 valence electrons. The monoisotopic (exact) mass is 1300 g/mol. The van der Waals surface area contributed by atoms with E-state index >= 15 is 0 Å². The van der Waals surface area contributed by atoms with Gasteiger partial charge in [0.25, 0.3) is 0 Å². The van der Waals surface area contributed by atoms with Gasteiger partial charge in [0.2, 0.25) is 0 Å². The minimum atomic E-state index is 0.641. The second-order valence-electron chi connectivity index (χ2n) is 17.2. The van der Waals surface area contributed by atoms with Crippen molar-refractivity contribution in [2.45, 2.75) is 154 Å². The maximum absolute atomic E-state index is 6.70. The van der Waals surface area contributed by atoms with Crippen LogP contribution in [-0.2, 0) is 0 Å². The van der Waals surface area contributed by atoms with Crippen molar-refractivity contribution in [3.8, 4) is 34.5 Å². The molecule has 0 radical (unpaired) electrons. The summed E-state index contributed by atoms with van der Waals surface area (Å²) in [5.74, 6) is 4.76. The highest BCUT2D eigenvalue weighted by Gasteiger charge is 2.21.